The van der Waals surface area contributed by atoms with Crippen molar-refractivity contribution in [1.82, 2.24) is 0 Å². The lowest BCUT2D eigenvalue weighted by Crippen LogP contribution is -2.32. The van der Waals surface area contributed by atoms with Crippen LogP contribution in [0, 0.1) is 23.7 Å². The zero-order valence-corrected chi connectivity index (χ0v) is 18.4. The van der Waals surface area contributed by atoms with E-state index in [1.54, 1.807) is 24.3 Å². The summed E-state index contributed by atoms with van der Waals surface area (Å²) in [4.78, 5) is 40.6. The minimum Gasteiger partial charge on any atom is -0.426 e. The Labute approximate surface area is 197 Å². The number of amides is 2. The quantitative estimate of drug-likeness (QED) is 0.244. The Balaban J connectivity index is 1.22. The molecule has 2 aliphatic carbocycles. The molecule has 0 spiro atoms. The number of imide groups is 1. The number of nitrogens with zero attached hydrogens (tertiary/aromatic N) is 1. The van der Waals surface area contributed by atoms with Gasteiger partial charge in [-0.15, -0.1) is 0 Å². The number of hydrogen-bond donors (Lipinski definition) is 0. The van der Waals surface area contributed by atoms with Gasteiger partial charge in [-0.3, -0.25) is 19.3 Å². The van der Waals surface area contributed by atoms with Crippen molar-refractivity contribution in [3.63, 3.8) is 0 Å². The largest absolute Gasteiger partial charge is 0.426 e. The van der Waals surface area contributed by atoms with E-state index in [0.29, 0.717) is 11.4 Å². The van der Waals surface area contributed by atoms with E-state index in [1.807, 2.05) is 60.7 Å². The normalized spacial score (nSPS) is 24.7. The van der Waals surface area contributed by atoms with Crippen LogP contribution >= 0.6 is 0 Å². The highest BCUT2D eigenvalue weighted by Gasteiger charge is 2.59. The molecule has 34 heavy (non-hydrogen) atoms. The number of benzene rings is 3. The molecule has 3 aliphatic rings. The second-order valence-electron chi connectivity index (χ2n) is 9.18. The third kappa shape index (κ3) is 3.27. The maximum absolute atomic E-state index is 13.2. The van der Waals surface area contributed by atoms with E-state index in [0.717, 1.165) is 17.5 Å². The van der Waals surface area contributed by atoms with E-state index in [1.165, 1.54) is 4.90 Å². The first-order valence-corrected chi connectivity index (χ1v) is 11.6. The van der Waals surface area contributed by atoms with Crippen molar-refractivity contribution in [3.05, 3.63) is 108 Å². The Hall–Kier alpha value is -3.99. The Kier molecular flexibility index (Phi) is 4.91. The van der Waals surface area contributed by atoms with Crippen molar-refractivity contribution in [3.8, 4) is 5.75 Å². The van der Waals surface area contributed by atoms with Crippen molar-refractivity contribution in [2.24, 2.45) is 23.7 Å². The van der Waals surface area contributed by atoms with Crippen LogP contribution in [0.1, 0.15) is 23.5 Å². The molecular formula is C29H23NO4. The lowest BCUT2D eigenvalue weighted by atomic mass is 9.85. The van der Waals surface area contributed by atoms with Gasteiger partial charge < -0.3 is 4.74 Å². The zero-order valence-electron chi connectivity index (χ0n) is 18.4. The van der Waals surface area contributed by atoms with Crippen molar-refractivity contribution < 1.29 is 19.1 Å². The molecule has 1 saturated heterocycles. The molecule has 4 unspecified atom stereocenters. The Morgan fingerprint density at radius 1 is 0.735 bits per heavy atom. The van der Waals surface area contributed by atoms with Crippen LogP contribution in [-0.2, 0) is 14.4 Å². The Morgan fingerprint density at radius 2 is 1.24 bits per heavy atom. The SMILES string of the molecule is O=C(Oc1ccc(N2C(=O)C3C4C=CC(C4)C3C2=O)cc1)C(c1ccccc1)c1ccccc1. The number of esters is 1. The molecule has 5 nitrogen and oxygen atoms in total. The lowest BCUT2D eigenvalue weighted by molar-refractivity contribution is -0.135. The highest BCUT2D eigenvalue weighted by Crippen LogP contribution is 2.53. The van der Waals surface area contributed by atoms with Crippen molar-refractivity contribution >= 4 is 23.5 Å². The zero-order chi connectivity index (χ0) is 23.2. The second kappa shape index (κ2) is 8.10. The molecule has 0 aromatic heterocycles. The number of carbonyl (C=O) groups excluding carboxylic acids is 3. The average molecular weight is 450 g/mol. The third-order valence-corrected chi connectivity index (χ3v) is 7.29. The van der Waals surface area contributed by atoms with E-state index in [2.05, 4.69) is 12.2 Å². The molecule has 1 aliphatic heterocycles. The van der Waals surface area contributed by atoms with Gasteiger partial charge in [0.15, 0.2) is 0 Å². The highest BCUT2D eigenvalue weighted by molar-refractivity contribution is 6.22. The fourth-order valence-electron chi connectivity index (χ4n) is 5.75. The molecule has 4 atom stereocenters. The summed E-state index contributed by atoms with van der Waals surface area (Å²) in [7, 11) is 0. The number of hydrogen-bond acceptors (Lipinski definition) is 4. The number of rotatable bonds is 5. The molecule has 1 saturated carbocycles. The van der Waals surface area contributed by atoms with Crippen LogP contribution in [0.4, 0.5) is 5.69 Å². The molecule has 3 aromatic rings. The molecule has 6 rings (SSSR count). The summed E-state index contributed by atoms with van der Waals surface area (Å²) < 4.78 is 5.74. The molecule has 1 heterocycles. The van der Waals surface area contributed by atoms with E-state index < -0.39 is 11.9 Å². The monoisotopic (exact) mass is 449 g/mol. The number of allylic oxidation sites excluding steroid dienone is 2. The summed E-state index contributed by atoms with van der Waals surface area (Å²) in [5, 5.41) is 0. The predicted octanol–water partition coefficient (Wildman–Crippen LogP) is 4.74. The van der Waals surface area contributed by atoms with Gasteiger partial charge >= 0.3 is 5.97 Å². The smallest absolute Gasteiger partial charge is 0.323 e. The number of anilines is 1. The maximum atomic E-state index is 13.2. The molecule has 0 N–H and O–H groups in total. The number of ether oxygens (including phenoxy) is 1. The van der Waals surface area contributed by atoms with Crippen LogP contribution in [0.3, 0.4) is 0 Å². The van der Waals surface area contributed by atoms with E-state index in [9.17, 15) is 14.4 Å². The van der Waals surface area contributed by atoms with Gasteiger partial charge in [0, 0.05) is 0 Å². The van der Waals surface area contributed by atoms with E-state index in [4.69, 9.17) is 4.74 Å². The summed E-state index contributed by atoms with van der Waals surface area (Å²) in [5.74, 6) is -0.965. The van der Waals surface area contributed by atoms with Gasteiger partial charge in [-0.1, -0.05) is 72.8 Å². The minimum atomic E-state index is -0.564. The van der Waals surface area contributed by atoms with Gasteiger partial charge in [-0.2, -0.15) is 0 Å². The van der Waals surface area contributed by atoms with Crippen LogP contribution in [0.2, 0.25) is 0 Å². The molecule has 2 fully saturated rings. The topological polar surface area (TPSA) is 63.7 Å². The first kappa shape index (κ1) is 20.6. The first-order chi connectivity index (χ1) is 16.6. The standard InChI is InChI=1S/C29H23NO4/c31-27-25-20-11-12-21(17-20)26(25)28(32)30(27)22-13-15-23(16-14-22)34-29(33)24(18-7-3-1-4-8-18)19-9-5-2-6-10-19/h1-16,20-21,24-26H,17H2. The highest BCUT2D eigenvalue weighted by atomic mass is 16.5. The van der Waals surface area contributed by atoms with Crippen LogP contribution < -0.4 is 9.64 Å². The summed E-state index contributed by atoms with van der Waals surface area (Å²) in [6.07, 6.45) is 5.07. The van der Waals surface area contributed by atoms with E-state index in [-0.39, 0.29) is 35.5 Å². The summed E-state index contributed by atoms with van der Waals surface area (Å²) in [6.45, 7) is 0. The second-order valence-corrected chi connectivity index (χ2v) is 9.18. The summed E-state index contributed by atoms with van der Waals surface area (Å²) >= 11 is 0. The molecular weight excluding hydrogens is 426 g/mol. The van der Waals surface area contributed by atoms with Gasteiger partial charge in [0.2, 0.25) is 11.8 Å². The fourth-order valence-corrected chi connectivity index (χ4v) is 5.75. The minimum absolute atomic E-state index is 0.121. The van der Waals surface area contributed by atoms with Gasteiger partial charge in [0.25, 0.3) is 0 Å². The van der Waals surface area contributed by atoms with Crippen LogP contribution in [0.15, 0.2) is 97.1 Å². The molecule has 5 heteroatoms. The lowest BCUT2D eigenvalue weighted by Gasteiger charge is -2.19. The van der Waals surface area contributed by atoms with Gasteiger partial charge in [-0.05, 0) is 53.6 Å². The van der Waals surface area contributed by atoms with Crippen LogP contribution in [0.5, 0.6) is 5.75 Å². The molecule has 3 aromatic carbocycles. The summed E-state index contributed by atoms with van der Waals surface area (Å²) in [5.41, 5.74) is 2.21. The van der Waals surface area contributed by atoms with Crippen LogP contribution in [0.25, 0.3) is 0 Å². The first-order valence-electron chi connectivity index (χ1n) is 11.6. The molecule has 2 amide bonds. The molecule has 0 radical (unpaired) electrons. The average Bonchev–Trinajstić information content (AvgIpc) is 3.55. The van der Waals surface area contributed by atoms with Gasteiger partial charge in [-0.25, -0.2) is 0 Å². The Bertz CT molecular complexity index is 1210. The predicted molar refractivity (Wildman–Crippen MR) is 127 cm³/mol. The fraction of sp³-hybridized carbons (Fsp3) is 0.207. The van der Waals surface area contributed by atoms with E-state index >= 15 is 0 Å². The van der Waals surface area contributed by atoms with Gasteiger partial charge in [0.05, 0.1) is 17.5 Å². The maximum Gasteiger partial charge on any atom is 0.323 e. The molecule has 168 valence electrons. The number of carbonyl (C=O) groups is 3. The number of fused-ring (bicyclic) bond motifs is 5. The van der Waals surface area contributed by atoms with Crippen LogP contribution in [-0.4, -0.2) is 17.8 Å². The Morgan fingerprint density at radius 3 is 1.74 bits per heavy atom. The van der Waals surface area contributed by atoms with Crippen molar-refractivity contribution in [2.45, 2.75) is 12.3 Å². The van der Waals surface area contributed by atoms with Crippen molar-refractivity contribution in [1.29, 1.82) is 0 Å². The van der Waals surface area contributed by atoms with Crippen molar-refractivity contribution in [2.75, 3.05) is 4.90 Å². The molecule has 2 bridgehead atoms. The van der Waals surface area contributed by atoms with Gasteiger partial charge in [0.1, 0.15) is 11.7 Å². The third-order valence-electron chi connectivity index (χ3n) is 7.29. The summed E-state index contributed by atoms with van der Waals surface area (Å²) in [6, 6.07) is 25.7.